The van der Waals surface area contributed by atoms with Gasteiger partial charge < -0.3 is 10.6 Å². The fourth-order valence-electron chi connectivity index (χ4n) is 1.28. The van der Waals surface area contributed by atoms with Gasteiger partial charge in [-0.05, 0) is 36.3 Å². The van der Waals surface area contributed by atoms with Crippen LogP contribution >= 0.6 is 28.1 Å². The van der Waals surface area contributed by atoms with Gasteiger partial charge in [0.1, 0.15) is 0 Å². The van der Waals surface area contributed by atoms with Crippen LogP contribution in [0, 0.1) is 5.92 Å². The monoisotopic (exact) mass is 314 g/mol. The Morgan fingerprint density at radius 3 is 2.76 bits per heavy atom. The van der Waals surface area contributed by atoms with Gasteiger partial charge in [0.05, 0.1) is 0 Å². The number of anilines is 1. The maximum Gasteiger partial charge on any atom is 0.226 e. The van der Waals surface area contributed by atoms with Gasteiger partial charge in [-0.1, -0.05) is 35.8 Å². The van der Waals surface area contributed by atoms with Gasteiger partial charge in [-0.15, -0.1) is 0 Å². The number of hydrogen-bond donors (Lipinski definition) is 2. The van der Waals surface area contributed by atoms with E-state index in [9.17, 15) is 4.79 Å². The van der Waals surface area contributed by atoms with Crippen LogP contribution in [-0.2, 0) is 4.79 Å². The number of benzene rings is 1. The second-order valence-electron chi connectivity index (χ2n) is 4.11. The molecule has 1 rings (SSSR count). The summed E-state index contributed by atoms with van der Waals surface area (Å²) in [6, 6.07) is 7.59. The molecule has 1 aromatic rings. The van der Waals surface area contributed by atoms with Gasteiger partial charge in [0, 0.05) is 16.6 Å². The lowest BCUT2D eigenvalue weighted by Crippen LogP contribution is -2.34. The first kappa shape index (κ1) is 14.1. The standard InChI is InChI=1S/C12H15BrN2OS/c1-8(2)6-11(16)15-12(17)14-10-5-3-4-9(13)7-10/h3-5,7-8H,6H2,1-2H3,(H2,14,15,16,17). The van der Waals surface area contributed by atoms with Crippen LogP contribution in [0.4, 0.5) is 5.69 Å². The van der Waals surface area contributed by atoms with E-state index in [0.29, 0.717) is 17.5 Å². The highest BCUT2D eigenvalue weighted by atomic mass is 79.9. The summed E-state index contributed by atoms with van der Waals surface area (Å²) in [5.74, 6) is 0.260. The van der Waals surface area contributed by atoms with E-state index in [2.05, 4.69) is 26.6 Å². The van der Waals surface area contributed by atoms with Crippen molar-refractivity contribution in [3.05, 3.63) is 28.7 Å². The highest BCUT2D eigenvalue weighted by Crippen LogP contribution is 2.15. The van der Waals surface area contributed by atoms with Gasteiger partial charge in [0.25, 0.3) is 0 Å². The van der Waals surface area contributed by atoms with Crippen molar-refractivity contribution in [2.45, 2.75) is 20.3 Å². The molecule has 5 heteroatoms. The van der Waals surface area contributed by atoms with Crippen molar-refractivity contribution >= 4 is 44.9 Å². The molecule has 0 aliphatic heterocycles. The van der Waals surface area contributed by atoms with E-state index in [1.807, 2.05) is 38.1 Å². The SMILES string of the molecule is CC(C)CC(=O)NC(=S)Nc1cccc(Br)c1. The van der Waals surface area contributed by atoms with E-state index in [-0.39, 0.29) is 5.91 Å². The van der Waals surface area contributed by atoms with Crippen LogP contribution in [0.3, 0.4) is 0 Å². The zero-order chi connectivity index (χ0) is 12.8. The summed E-state index contributed by atoms with van der Waals surface area (Å²) in [7, 11) is 0. The lowest BCUT2D eigenvalue weighted by molar-refractivity contribution is -0.120. The Morgan fingerprint density at radius 2 is 2.18 bits per heavy atom. The zero-order valence-corrected chi connectivity index (χ0v) is 12.2. The van der Waals surface area contributed by atoms with Crippen molar-refractivity contribution in [3.8, 4) is 0 Å². The number of amides is 1. The highest BCUT2D eigenvalue weighted by Gasteiger charge is 2.06. The summed E-state index contributed by atoms with van der Waals surface area (Å²) in [5, 5.41) is 5.93. The Bertz CT molecular complexity index is 421. The minimum absolute atomic E-state index is 0.0625. The number of hydrogen-bond acceptors (Lipinski definition) is 2. The van der Waals surface area contributed by atoms with Crippen molar-refractivity contribution in [2.24, 2.45) is 5.92 Å². The lowest BCUT2D eigenvalue weighted by atomic mass is 10.1. The lowest BCUT2D eigenvalue weighted by Gasteiger charge is -2.10. The molecular weight excluding hydrogens is 300 g/mol. The van der Waals surface area contributed by atoms with E-state index in [1.165, 1.54) is 0 Å². The summed E-state index contributed by atoms with van der Waals surface area (Å²) >= 11 is 8.42. The minimum Gasteiger partial charge on any atom is -0.332 e. The summed E-state index contributed by atoms with van der Waals surface area (Å²) in [5.41, 5.74) is 0.842. The van der Waals surface area contributed by atoms with Crippen molar-refractivity contribution in [2.75, 3.05) is 5.32 Å². The van der Waals surface area contributed by atoms with E-state index in [4.69, 9.17) is 12.2 Å². The first-order valence-corrected chi connectivity index (χ1v) is 6.54. The molecule has 0 unspecified atom stereocenters. The van der Waals surface area contributed by atoms with Crippen LogP contribution in [0.2, 0.25) is 0 Å². The molecule has 0 bridgehead atoms. The highest BCUT2D eigenvalue weighted by molar-refractivity contribution is 9.10. The van der Waals surface area contributed by atoms with Crippen molar-refractivity contribution in [1.82, 2.24) is 5.32 Å². The zero-order valence-electron chi connectivity index (χ0n) is 9.79. The third-order valence-corrected chi connectivity index (χ3v) is 2.63. The molecule has 17 heavy (non-hydrogen) atoms. The fraction of sp³-hybridized carbons (Fsp3) is 0.333. The number of carbonyl (C=O) groups excluding carboxylic acids is 1. The number of halogens is 1. The van der Waals surface area contributed by atoms with Gasteiger partial charge in [-0.3, -0.25) is 4.79 Å². The molecule has 0 radical (unpaired) electrons. The second-order valence-corrected chi connectivity index (χ2v) is 5.43. The number of nitrogens with one attached hydrogen (secondary N) is 2. The Hall–Kier alpha value is -0.940. The third kappa shape index (κ3) is 5.79. The molecule has 2 N–H and O–H groups in total. The van der Waals surface area contributed by atoms with Crippen LogP contribution in [0.25, 0.3) is 0 Å². The average Bonchev–Trinajstić information content (AvgIpc) is 2.14. The van der Waals surface area contributed by atoms with Crippen molar-refractivity contribution in [3.63, 3.8) is 0 Å². The average molecular weight is 315 g/mol. The van der Waals surface area contributed by atoms with Gasteiger partial charge in [-0.2, -0.15) is 0 Å². The predicted molar refractivity (Wildman–Crippen MR) is 78.0 cm³/mol. The molecule has 3 nitrogen and oxygen atoms in total. The summed E-state index contributed by atoms with van der Waals surface area (Å²) < 4.78 is 0.957. The molecule has 0 aliphatic carbocycles. The molecule has 92 valence electrons. The molecule has 1 aromatic carbocycles. The largest absolute Gasteiger partial charge is 0.332 e. The molecule has 0 aliphatic rings. The molecule has 0 saturated carbocycles. The first-order valence-electron chi connectivity index (χ1n) is 5.34. The Kier molecular flexibility index (Phi) is 5.58. The van der Waals surface area contributed by atoms with E-state index in [1.54, 1.807) is 0 Å². The molecular formula is C12H15BrN2OS. The van der Waals surface area contributed by atoms with Crippen molar-refractivity contribution in [1.29, 1.82) is 0 Å². The smallest absolute Gasteiger partial charge is 0.226 e. The molecule has 0 aromatic heterocycles. The maximum atomic E-state index is 11.5. The number of rotatable bonds is 3. The number of carbonyl (C=O) groups is 1. The van der Waals surface area contributed by atoms with Crippen LogP contribution in [0.5, 0.6) is 0 Å². The number of thiocarbonyl (C=S) groups is 1. The molecule has 0 heterocycles. The van der Waals surface area contributed by atoms with Gasteiger partial charge >= 0.3 is 0 Å². The van der Waals surface area contributed by atoms with Gasteiger partial charge in [0.15, 0.2) is 5.11 Å². The normalized spacial score (nSPS) is 10.1. The van der Waals surface area contributed by atoms with E-state index < -0.39 is 0 Å². The van der Waals surface area contributed by atoms with Crippen LogP contribution < -0.4 is 10.6 Å². The minimum atomic E-state index is -0.0625. The quantitative estimate of drug-likeness (QED) is 0.841. The topological polar surface area (TPSA) is 41.1 Å². The Balaban J connectivity index is 2.47. The summed E-state index contributed by atoms with van der Waals surface area (Å²) in [4.78, 5) is 11.5. The van der Waals surface area contributed by atoms with E-state index >= 15 is 0 Å². The van der Waals surface area contributed by atoms with Crippen LogP contribution in [0.1, 0.15) is 20.3 Å². The molecule has 1 amide bonds. The van der Waals surface area contributed by atoms with Gasteiger partial charge in [-0.25, -0.2) is 0 Å². The predicted octanol–water partition coefficient (Wildman–Crippen LogP) is 3.31. The molecule has 0 saturated heterocycles. The van der Waals surface area contributed by atoms with Crippen LogP contribution in [-0.4, -0.2) is 11.0 Å². The third-order valence-electron chi connectivity index (χ3n) is 1.93. The summed E-state index contributed by atoms with van der Waals surface area (Å²) in [6.07, 6.45) is 0.473. The Morgan fingerprint density at radius 1 is 1.47 bits per heavy atom. The van der Waals surface area contributed by atoms with Crippen LogP contribution in [0.15, 0.2) is 28.7 Å². The second kappa shape index (κ2) is 6.71. The maximum absolute atomic E-state index is 11.5. The first-order chi connectivity index (χ1) is 7.97. The van der Waals surface area contributed by atoms with E-state index in [0.717, 1.165) is 10.2 Å². The Labute approximate surface area is 115 Å². The van der Waals surface area contributed by atoms with Gasteiger partial charge in [0.2, 0.25) is 5.91 Å². The fourth-order valence-corrected chi connectivity index (χ4v) is 1.91. The molecule has 0 atom stereocenters. The van der Waals surface area contributed by atoms with Crippen molar-refractivity contribution < 1.29 is 4.79 Å². The molecule has 0 fully saturated rings. The molecule has 0 spiro atoms. The summed E-state index contributed by atoms with van der Waals surface area (Å²) in [6.45, 7) is 3.98.